The molecule has 51 heavy (non-hydrogen) atoms. The van der Waals surface area contributed by atoms with Crippen LogP contribution >= 0.6 is 0 Å². The number of hydrogen-bond donors (Lipinski definition) is 10. The number of aryl methyl sites for hydroxylation is 2. The van der Waals surface area contributed by atoms with Gasteiger partial charge in [0, 0.05) is 39.1 Å². The van der Waals surface area contributed by atoms with Crippen molar-refractivity contribution >= 4 is 47.4 Å². The van der Waals surface area contributed by atoms with Gasteiger partial charge in [-0.25, -0.2) is 4.79 Å². The van der Waals surface area contributed by atoms with Gasteiger partial charge in [-0.3, -0.25) is 38.4 Å². The smallest absolute Gasteiger partial charge is 0.328 e. The lowest BCUT2D eigenvalue weighted by Crippen LogP contribution is -2.49. The van der Waals surface area contributed by atoms with E-state index in [1.54, 1.807) is 10.9 Å². The molecule has 0 aliphatic rings. The van der Waals surface area contributed by atoms with Gasteiger partial charge in [0.15, 0.2) is 5.96 Å². The van der Waals surface area contributed by atoms with E-state index in [-0.39, 0.29) is 24.8 Å². The normalized spacial score (nSPS) is 9.73. The molecule has 0 aromatic carbocycles. The fourth-order valence-electron chi connectivity index (χ4n) is 2.79. The van der Waals surface area contributed by atoms with E-state index in [1.165, 1.54) is 0 Å². The van der Waals surface area contributed by atoms with Crippen LogP contribution in [0, 0.1) is 0 Å². The fraction of sp³-hybridized carbons (Fsp3) is 0.667. The molecule has 21 nitrogen and oxygen atoms in total. The molecule has 0 saturated heterocycles. The number of hydrogen-bond acceptors (Lipinski definition) is 11. The molecular formula is C30H59N11O10. The predicted octanol–water partition coefficient (Wildman–Crippen LogP) is -2.15. The van der Waals surface area contributed by atoms with E-state index < -0.39 is 67.9 Å². The van der Waals surface area contributed by atoms with Crippen molar-refractivity contribution in [2.45, 2.75) is 93.2 Å². The Morgan fingerprint density at radius 1 is 0.804 bits per heavy atom. The number of carboxylic acid groups (broad SMARTS) is 2. The summed E-state index contributed by atoms with van der Waals surface area (Å²) in [4.78, 5) is 82.0. The summed E-state index contributed by atoms with van der Waals surface area (Å²) in [6.45, 7) is 12.0. The average molecular weight is 734 g/mol. The molecule has 1 aromatic rings. The highest BCUT2D eigenvalue weighted by Gasteiger charge is 2.19. The van der Waals surface area contributed by atoms with Crippen LogP contribution in [-0.2, 0) is 46.5 Å². The number of rotatable bonds is 19. The van der Waals surface area contributed by atoms with Gasteiger partial charge in [0.05, 0.1) is 38.5 Å². The minimum absolute atomic E-state index is 0.115. The number of unbranched alkanes of at least 4 members (excludes halogenated alkanes) is 1. The number of aromatic nitrogens is 3. The van der Waals surface area contributed by atoms with Crippen molar-refractivity contribution in [3.63, 3.8) is 0 Å². The molecule has 0 aliphatic heterocycles. The Hall–Kier alpha value is -5.34. The number of aliphatic carboxylic acids is 2. The minimum atomic E-state index is -1.50. The predicted molar refractivity (Wildman–Crippen MR) is 189 cm³/mol. The zero-order valence-electron chi connectivity index (χ0n) is 30.8. The second kappa shape index (κ2) is 36.0. The zero-order valence-corrected chi connectivity index (χ0v) is 30.8. The van der Waals surface area contributed by atoms with Gasteiger partial charge in [0.2, 0.25) is 29.5 Å². The molecule has 1 heterocycles. The second-order valence-corrected chi connectivity index (χ2v) is 9.40. The number of carbonyl (C=O) groups excluding carboxylic acids is 5. The highest BCUT2D eigenvalue weighted by Crippen LogP contribution is 2.00. The van der Waals surface area contributed by atoms with E-state index in [1.807, 2.05) is 39.9 Å². The molecule has 1 aromatic heterocycles. The molecule has 0 spiro atoms. The molecule has 0 bridgehead atoms. The van der Waals surface area contributed by atoms with Crippen molar-refractivity contribution in [2.75, 3.05) is 39.3 Å². The first-order valence-corrected chi connectivity index (χ1v) is 16.5. The highest BCUT2D eigenvalue weighted by atomic mass is 16.4. The lowest BCUT2D eigenvalue weighted by molar-refractivity contribution is -0.142. The SMILES string of the molecule is CC.CC.CC(=O)O.CCCCn1cc(CCC(=O)NCC(=O)NCC(=O)NCC(=O)NCC(=O)NC(CO)C(=O)O)nn1.CCCN=C(N)N. The Morgan fingerprint density at radius 2 is 1.25 bits per heavy atom. The largest absolute Gasteiger partial charge is 0.481 e. The molecule has 5 amide bonds. The Balaban J connectivity index is -0.000000621. The van der Waals surface area contributed by atoms with Crippen LogP contribution in [0.3, 0.4) is 0 Å². The summed E-state index contributed by atoms with van der Waals surface area (Å²) >= 11 is 0. The Bertz CT molecular complexity index is 1170. The van der Waals surface area contributed by atoms with Gasteiger partial charge in [0.1, 0.15) is 6.04 Å². The number of carbonyl (C=O) groups is 7. The number of aliphatic hydroxyl groups excluding tert-OH is 1. The first kappa shape index (κ1) is 52.5. The molecule has 21 heteroatoms. The highest BCUT2D eigenvalue weighted by molar-refractivity contribution is 5.91. The Morgan fingerprint density at radius 3 is 1.63 bits per heavy atom. The van der Waals surface area contributed by atoms with E-state index in [2.05, 4.69) is 43.5 Å². The van der Waals surface area contributed by atoms with Gasteiger partial charge in [-0.15, -0.1) is 5.10 Å². The first-order chi connectivity index (χ1) is 24.1. The van der Waals surface area contributed by atoms with Crippen LogP contribution in [0.25, 0.3) is 0 Å². The van der Waals surface area contributed by atoms with Gasteiger partial charge < -0.3 is 53.4 Å². The molecule has 294 valence electrons. The van der Waals surface area contributed by atoms with Crippen LogP contribution in [0.1, 0.15) is 79.8 Å². The summed E-state index contributed by atoms with van der Waals surface area (Å²) in [7, 11) is 0. The van der Waals surface area contributed by atoms with Crippen LogP contribution in [0.4, 0.5) is 0 Å². The third-order valence-corrected chi connectivity index (χ3v) is 5.05. The first-order valence-electron chi connectivity index (χ1n) is 16.5. The molecule has 1 unspecified atom stereocenters. The van der Waals surface area contributed by atoms with Gasteiger partial charge in [-0.2, -0.15) is 0 Å². The van der Waals surface area contributed by atoms with Crippen LogP contribution < -0.4 is 38.1 Å². The van der Waals surface area contributed by atoms with Crippen molar-refractivity contribution in [2.24, 2.45) is 16.5 Å². The molecule has 0 fully saturated rings. The Labute approximate surface area is 298 Å². The molecule has 12 N–H and O–H groups in total. The number of nitrogens with zero attached hydrogens (tertiary/aromatic N) is 4. The standard InChI is InChI=1S/C20H32N8O8.C4H11N3.C2H4O2.2C2H6/c1-2-3-6-28-11-13(26-27-28)4-5-15(30)21-7-16(31)22-8-17(32)23-9-18(33)24-10-19(34)25-14(12-29)20(35)36;1-2-3-7-4(5)6;1-2(3)4;2*1-2/h11,14,29H,2-10,12H2,1H3,(H,21,30)(H,22,31)(H,23,32)(H,24,33)(H,25,34)(H,35,36);2-3H2,1H3,(H4,5,6,7);1H3,(H,3,4);2*1-2H3. The molecule has 0 radical (unpaired) electrons. The lowest BCUT2D eigenvalue weighted by atomic mass is 10.2. The molecule has 0 saturated carbocycles. The summed E-state index contributed by atoms with van der Waals surface area (Å²) in [5, 5.41) is 44.0. The maximum absolute atomic E-state index is 11.9. The van der Waals surface area contributed by atoms with Crippen LogP contribution in [-0.4, -0.2) is 123 Å². The fourth-order valence-corrected chi connectivity index (χ4v) is 2.79. The van der Waals surface area contributed by atoms with E-state index in [0.29, 0.717) is 12.1 Å². The van der Waals surface area contributed by atoms with Crippen molar-refractivity contribution < 1.29 is 48.9 Å². The van der Waals surface area contributed by atoms with E-state index >= 15 is 0 Å². The quantitative estimate of drug-likeness (QED) is 0.0536. The van der Waals surface area contributed by atoms with Crippen molar-refractivity contribution in [3.05, 3.63) is 11.9 Å². The third-order valence-electron chi connectivity index (χ3n) is 5.05. The lowest BCUT2D eigenvalue weighted by Gasteiger charge is -2.12. The van der Waals surface area contributed by atoms with E-state index in [0.717, 1.165) is 39.3 Å². The maximum atomic E-state index is 11.9. The van der Waals surface area contributed by atoms with Crippen LogP contribution in [0.5, 0.6) is 0 Å². The maximum Gasteiger partial charge on any atom is 0.328 e. The number of carboxylic acids is 2. The van der Waals surface area contributed by atoms with Gasteiger partial charge in [-0.05, 0) is 12.8 Å². The summed E-state index contributed by atoms with van der Waals surface area (Å²) in [6.07, 6.45) is 5.26. The van der Waals surface area contributed by atoms with Crippen LogP contribution in [0.15, 0.2) is 11.2 Å². The number of aliphatic hydroxyl groups is 1. The average Bonchev–Trinajstić information content (AvgIpc) is 3.56. The number of guanidine groups is 1. The Kier molecular flexibility index (Phi) is 37.0. The zero-order chi connectivity index (χ0) is 40.2. The second-order valence-electron chi connectivity index (χ2n) is 9.40. The monoisotopic (exact) mass is 733 g/mol. The summed E-state index contributed by atoms with van der Waals surface area (Å²) in [6, 6.07) is -1.50. The molecule has 1 rings (SSSR count). The van der Waals surface area contributed by atoms with Gasteiger partial charge >= 0.3 is 5.97 Å². The minimum Gasteiger partial charge on any atom is -0.481 e. The summed E-state index contributed by atoms with van der Waals surface area (Å²) < 4.78 is 1.71. The van der Waals surface area contributed by atoms with Gasteiger partial charge in [-0.1, -0.05) is 53.2 Å². The molecule has 0 aliphatic carbocycles. The topological polar surface area (TPSA) is 335 Å². The summed E-state index contributed by atoms with van der Waals surface area (Å²) in [5.41, 5.74) is 10.7. The van der Waals surface area contributed by atoms with Crippen molar-refractivity contribution in [1.82, 2.24) is 41.6 Å². The van der Waals surface area contributed by atoms with Crippen molar-refractivity contribution in [1.29, 1.82) is 0 Å². The van der Waals surface area contributed by atoms with E-state index in [4.69, 9.17) is 31.6 Å². The third kappa shape index (κ3) is 37.3. The number of nitrogens with two attached hydrogens (primary N) is 2. The van der Waals surface area contributed by atoms with E-state index in [9.17, 15) is 28.8 Å². The number of aliphatic imine (C=N–C) groups is 1. The van der Waals surface area contributed by atoms with Gasteiger partial charge in [0.25, 0.3) is 5.97 Å². The van der Waals surface area contributed by atoms with Crippen LogP contribution in [0.2, 0.25) is 0 Å². The summed E-state index contributed by atoms with van der Waals surface area (Å²) in [5.74, 6) is -5.33. The number of nitrogens with one attached hydrogen (secondary N) is 5. The van der Waals surface area contributed by atoms with Crippen molar-refractivity contribution in [3.8, 4) is 0 Å². The molecule has 1 atom stereocenters. The molecular weight excluding hydrogens is 674 g/mol. The number of amides is 5.